The van der Waals surface area contributed by atoms with Crippen LogP contribution >= 0.6 is 0 Å². The van der Waals surface area contributed by atoms with Gasteiger partial charge in [0.05, 0.1) is 27.8 Å². The molecule has 3 heterocycles. The van der Waals surface area contributed by atoms with E-state index in [1.807, 2.05) is 0 Å². The summed E-state index contributed by atoms with van der Waals surface area (Å²) in [7, 11) is 0. The Labute approximate surface area is 342 Å². The second-order valence-electron chi connectivity index (χ2n) is 16.3. The van der Waals surface area contributed by atoms with E-state index >= 15 is 0 Å². The summed E-state index contributed by atoms with van der Waals surface area (Å²) < 4.78 is 4.65. The van der Waals surface area contributed by atoms with E-state index < -0.39 is 0 Å². The van der Waals surface area contributed by atoms with Crippen molar-refractivity contribution in [2.24, 2.45) is 0 Å². The second-order valence-corrected chi connectivity index (χ2v) is 16.3. The smallest absolute Gasteiger partial charge is 0.160 e. The summed E-state index contributed by atoms with van der Waals surface area (Å²) in [6, 6.07) is 67.8. The van der Waals surface area contributed by atoms with Gasteiger partial charge >= 0.3 is 0 Å². The van der Waals surface area contributed by atoms with Crippen LogP contribution in [0.3, 0.4) is 0 Å². The maximum atomic E-state index is 5.27. The molecule has 1 aliphatic rings. The summed E-state index contributed by atoms with van der Waals surface area (Å²) in [6.07, 6.45) is 2.17. The number of hydrogen-bond donors (Lipinski definition) is 0. The van der Waals surface area contributed by atoms with E-state index in [9.17, 15) is 0 Å². The van der Waals surface area contributed by atoms with Crippen LogP contribution in [0.25, 0.3) is 99.9 Å². The number of fused-ring (bicyclic) bond motifs is 8. The van der Waals surface area contributed by atoms with Crippen molar-refractivity contribution in [1.29, 1.82) is 0 Å². The number of aromatic nitrogens is 4. The molecular weight excluding hydrogens is 717 g/mol. The molecule has 0 amide bonds. The minimum absolute atomic E-state index is 0.0390. The summed E-state index contributed by atoms with van der Waals surface area (Å²) >= 11 is 0. The standard InChI is InChI=1S/C55H38N4/c1-55(2)47-17-9-6-14-42(47)43-29-26-38(32-48(43)55)35-20-22-36(23-21-35)53-45-16-7-10-18-49(45)56-54(57-53)37-24-27-41(28-25-37)59-50-19-11-8-15-44(50)46-34-51-39(33-52(46)59)30-31-58(51)40-12-4-3-5-13-40/h3-34H,1-2H3. The molecule has 0 saturated heterocycles. The average molecular weight is 755 g/mol. The van der Waals surface area contributed by atoms with E-state index in [-0.39, 0.29) is 5.41 Å². The first-order valence-corrected chi connectivity index (χ1v) is 20.3. The van der Waals surface area contributed by atoms with Crippen molar-refractivity contribution in [2.75, 3.05) is 0 Å². The number of benzene rings is 8. The minimum Gasteiger partial charge on any atom is -0.317 e. The first-order valence-electron chi connectivity index (χ1n) is 20.3. The lowest BCUT2D eigenvalue weighted by Gasteiger charge is -2.22. The van der Waals surface area contributed by atoms with E-state index in [1.165, 1.54) is 66.1 Å². The van der Waals surface area contributed by atoms with Crippen LogP contribution in [0.15, 0.2) is 194 Å². The third-order valence-corrected chi connectivity index (χ3v) is 12.6. The lowest BCUT2D eigenvalue weighted by Crippen LogP contribution is -2.14. The molecule has 12 rings (SSSR count). The molecule has 0 saturated carbocycles. The second kappa shape index (κ2) is 12.7. The third kappa shape index (κ3) is 5.16. The molecule has 4 heteroatoms. The van der Waals surface area contributed by atoms with E-state index in [4.69, 9.17) is 9.97 Å². The maximum absolute atomic E-state index is 5.27. The Balaban J connectivity index is 0.913. The predicted octanol–water partition coefficient (Wildman–Crippen LogP) is 14.0. The van der Waals surface area contributed by atoms with E-state index in [1.54, 1.807) is 0 Å². The molecule has 0 aliphatic heterocycles. The number of para-hydroxylation sites is 3. The fourth-order valence-electron chi connectivity index (χ4n) is 9.58. The lowest BCUT2D eigenvalue weighted by atomic mass is 9.81. The van der Waals surface area contributed by atoms with Crippen molar-refractivity contribution < 1.29 is 0 Å². The zero-order chi connectivity index (χ0) is 39.2. The molecule has 8 aromatic carbocycles. The third-order valence-electron chi connectivity index (χ3n) is 12.6. The number of nitrogens with zero attached hydrogens (tertiary/aromatic N) is 4. The van der Waals surface area contributed by atoms with Crippen molar-refractivity contribution in [3.63, 3.8) is 0 Å². The first-order chi connectivity index (χ1) is 29.0. The molecule has 3 aromatic heterocycles. The molecule has 11 aromatic rings. The largest absolute Gasteiger partial charge is 0.317 e. The van der Waals surface area contributed by atoms with Gasteiger partial charge in [0.15, 0.2) is 5.82 Å². The van der Waals surface area contributed by atoms with E-state index in [0.717, 1.165) is 39.1 Å². The SMILES string of the molecule is CC1(C)c2ccccc2-c2ccc(-c3ccc(-c4nc(-c5ccc(-n6c7ccccc7c7cc8c(ccn8-c8ccccc8)cc76)cc5)nc5ccccc45)cc3)cc21. The minimum atomic E-state index is -0.0390. The van der Waals surface area contributed by atoms with Gasteiger partial charge in [0.2, 0.25) is 0 Å². The molecule has 59 heavy (non-hydrogen) atoms. The first kappa shape index (κ1) is 33.6. The van der Waals surface area contributed by atoms with Gasteiger partial charge in [-0.2, -0.15) is 0 Å². The van der Waals surface area contributed by atoms with Crippen LogP contribution in [0.2, 0.25) is 0 Å². The average Bonchev–Trinajstić information content (AvgIpc) is 3.93. The van der Waals surface area contributed by atoms with Gasteiger partial charge in [-0.25, -0.2) is 9.97 Å². The van der Waals surface area contributed by atoms with Gasteiger partial charge < -0.3 is 9.13 Å². The highest BCUT2D eigenvalue weighted by Crippen LogP contribution is 2.49. The Morgan fingerprint density at radius 1 is 0.424 bits per heavy atom. The van der Waals surface area contributed by atoms with Gasteiger partial charge in [0, 0.05) is 55.7 Å². The van der Waals surface area contributed by atoms with Crippen LogP contribution in [0, 0.1) is 0 Å². The van der Waals surface area contributed by atoms with Crippen molar-refractivity contribution in [1.82, 2.24) is 19.1 Å². The van der Waals surface area contributed by atoms with E-state index in [0.29, 0.717) is 5.82 Å². The number of hydrogen-bond acceptors (Lipinski definition) is 2. The monoisotopic (exact) mass is 754 g/mol. The topological polar surface area (TPSA) is 35.6 Å². The summed E-state index contributed by atoms with van der Waals surface area (Å²) in [4.78, 5) is 10.4. The molecule has 1 aliphatic carbocycles. The van der Waals surface area contributed by atoms with Gasteiger partial charge in [-0.1, -0.05) is 129 Å². The van der Waals surface area contributed by atoms with Gasteiger partial charge in [-0.15, -0.1) is 0 Å². The van der Waals surface area contributed by atoms with Gasteiger partial charge in [-0.05, 0) is 106 Å². The molecular formula is C55H38N4. The number of rotatable bonds is 5. The quantitative estimate of drug-likeness (QED) is 0.175. The highest BCUT2D eigenvalue weighted by atomic mass is 15.0. The van der Waals surface area contributed by atoms with Crippen LogP contribution in [-0.2, 0) is 5.41 Å². The van der Waals surface area contributed by atoms with Crippen molar-refractivity contribution in [2.45, 2.75) is 19.3 Å². The lowest BCUT2D eigenvalue weighted by molar-refractivity contribution is 0.660. The Hall–Kier alpha value is -7.56. The van der Waals surface area contributed by atoms with Crippen molar-refractivity contribution in [3.8, 4) is 56.3 Å². The van der Waals surface area contributed by atoms with Crippen LogP contribution in [0.4, 0.5) is 0 Å². The van der Waals surface area contributed by atoms with Crippen LogP contribution in [-0.4, -0.2) is 19.1 Å². The predicted molar refractivity (Wildman–Crippen MR) is 245 cm³/mol. The molecule has 278 valence electrons. The Morgan fingerprint density at radius 3 is 1.95 bits per heavy atom. The highest BCUT2D eigenvalue weighted by molar-refractivity contribution is 6.13. The molecule has 0 fully saturated rings. The Morgan fingerprint density at radius 2 is 1.10 bits per heavy atom. The fraction of sp³-hybridized carbons (Fsp3) is 0.0545. The van der Waals surface area contributed by atoms with Gasteiger partial charge in [0.25, 0.3) is 0 Å². The molecule has 0 bridgehead atoms. The molecule has 0 spiro atoms. The van der Waals surface area contributed by atoms with Gasteiger partial charge in [0.1, 0.15) is 0 Å². The summed E-state index contributed by atoms with van der Waals surface area (Å²) in [5.74, 6) is 0.709. The van der Waals surface area contributed by atoms with Crippen LogP contribution < -0.4 is 0 Å². The van der Waals surface area contributed by atoms with Crippen molar-refractivity contribution in [3.05, 3.63) is 205 Å². The van der Waals surface area contributed by atoms with E-state index in [2.05, 4.69) is 217 Å². The van der Waals surface area contributed by atoms with Gasteiger partial charge in [-0.3, -0.25) is 0 Å². The molecule has 4 nitrogen and oxygen atoms in total. The Bertz CT molecular complexity index is 3440. The Kier molecular flexibility index (Phi) is 7.24. The maximum Gasteiger partial charge on any atom is 0.160 e. The molecule has 0 N–H and O–H groups in total. The molecule has 0 radical (unpaired) electrons. The normalized spacial score (nSPS) is 13.1. The van der Waals surface area contributed by atoms with Crippen molar-refractivity contribution >= 4 is 43.6 Å². The zero-order valence-electron chi connectivity index (χ0n) is 32.8. The summed E-state index contributed by atoms with van der Waals surface area (Å²) in [6.45, 7) is 4.67. The molecule has 0 atom stereocenters. The van der Waals surface area contributed by atoms with Crippen LogP contribution in [0.5, 0.6) is 0 Å². The summed E-state index contributed by atoms with van der Waals surface area (Å²) in [5.41, 5.74) is 17.5. The zero-order valence-corrected chi connectivity index (χ0v) is 32.8. The fourth-order valence-corrected chi connectivity index (χ4v) is 9.58. The summed E-state index contributed by atoms with van der Waals surface area (Å²) in [5, 5.41) is 4.70. The molecule has 0 unspecified atom stereocenters. The highest BCUT2D eigenvalue weighted by Gasteiger charge is 2.35. The van der Waals surface area contributed by atoms with Crippen LogP contribution in [0.1, 0.15) is 25.0 Å².